The van der Waals surface area contributed by atoms with E-state index in [-0.39, 0.29) is 26.4 Å². The quantitative estimate of drug-likeness (QED) is 0.452. The third kappa shape index (κ3) is 4.70. The van der Waals surface area contributed by atoms with E-state index in [4.69, 9.17) is 14.2 Å². The van der Waals surface area contributed by atoms with Crippen molar-refractivity contribution in [3.63, 3.8) is 0 Å². The SMILES string of the molecule is COC(=O)c1ccc(OCC(O)CN2C(=O)NC(C)(Cc3ccc4c(c3)OCO4)C2=O)cc1. The highest BCUT2D eigenvalue weighted by molar-refractivity contribution is 6.07. The van der Waals surface area contributed by atoms with Gasteiger partial charge in [-0.3, -0.25) is 9.69 Å². The van der Waals surface area contributed by atoms with Crippen molar-refractivity contribution >= 4 is 17.9 Å². The number of benzene rings is 2. The largest absolute Gasteiger partial charge is 0.491 e. The Labute approximate surface area is 190 Å². The van der Waals surface area contributed by atoms with Crippen LogP contribution in [0.25, 0.3) is 0 Å². The average Bonchev–Trinajstić information content (AvgIpc) is 3.35. The molecule has 0 spiro atoms. The summed E-state index contributed by atoms with van der Waals surface area (Å²) in [5.41, 5.74) is 0.0118. The van der Waals surface area contributed by atoms with Crippen molar-refractivity contribution in [3.05, 3.63) is 53.6 Å². The number of carbonyl (C=O) groups excluding carboxylic acids is 3. The number of aliphatic hydroxyl groups excluding tert-OH is 1. The summed E-state index contributed by atoms with van der Waals surface area (Å²) in [7, 11) is 1.29. The molecule has 1 fully saturated rings. The van der Waals surface area contributed by atoms with Gasteiger partial charge in [0.2, 0.25) is 6.79 Å². The van der Waals surface area contributed by atoms with Crippen LogP contribution in [-0.2, 0) is 16.0 Å². The van der Waals surface area contributed by atoms with E-state index in [1.165, 1.54) is 19.2 Å². The lowest BCUT2D eigenvalue weighted by molar-refractivity contribution is -0.131. The number of hydrogen-bond acceptors (Lipinski definition) is 8. The third-order valence-electron chi connectivity index (χ3n) is 5.45. The molecule has 0 radical (unpaired) electrons. The number of rotatable bonds is 8. The maximum Gasteiger partial charge on any atom is 0.337 e. The monoisotopic (exact) mass is 456 g/mol. The van der Waals surface area contributed by atoms with Crippen LogP contribution in [0.3, 0.4) is 0 Å². The Hall–Kier alpha value is -3.79. The average molecular weight is 456 g/mol. The maximum atomic E-state index is 13.0. The van der Waals surface area contributed by atoms with Gasteiger partial charge in [0.15, 0.2) is 11.5 Å². The van der Waals surface area contributed by atoms with E-state index in [1.54, 1.807) is 31.2 Å². The molecular weight excluding hydrogens is 432 g/mol. The van der Waals surface area contributed by atoms with Gasteiger partial charge >= 0.3 is 12.0 Å². The number of urea groups is 1. The number of hydrogen-bond donors (Lipinski definition) is 2. The molecule has 2 aromatic carbocycles. The van der Waals surface area contributed by atoms with Gasteiger partial charge in [-0.2, -0.15) is 0 Å². The molecule has 2 atom stereocenters. The van der Waals surface area contributed by atoms with Crippen molar-refractivity contribution in [2.75, 3.05) is 27.1 Å². The Kier molecular flexibility index (Phi) is 6.10. The molecule has 4 rings (SSSR count). The number of β-amino-alcohol motifs (C(OH)–C–C–N with tert-alkyl or cyclic N) is 1. The minimum atomic E-state index is -1.16. The lowest BCUT2D eigenvalue weighted by Crippen LogP contribution is -2.46. The van der Waals surface area contributed by atoms with E-state index in [2.05, 4.69) is 10.1 Å². The van der Waals surface area contributed by atoms with Gasteiger partial charge in [0.25, 0.3) is 5.91 Å². The summed E-state index contributed by atoms with van der Waals surface area (Å²) in [6, 6.07) is 11.0. The first-order chi connectivity index (χ1) is 15.8. The number of ether oxygens (including phenoxy) is 4. The molecule has 2 heterocycles. The minimum Gasteiger partial charge on any atom is -0.491 e. The van der Waals surface area contributed by atoms with Crippen molar-refractivity contribution in [1.29, 1.82) is 0 Å². The molecule has 0 aliphatic carbocycles. The highest BCUT2D eigenvalue weighted by Crippen LogP contribution is 2.34. The molecule has 10 nitrogen and oxygen atoms in total. The number of esters is 1. The number of nitrogens with zero attached hydrogens (tertiary/aromatic N) is 1. The lowest BCUT2D eigenvalue weighted by atomic mass is 9.92. The van der Waals surface area contributed by atoms with Gasteiger partial charge in [-0.1, -0.05) is 6.07 Å². The number of aliphatic hydroxyl groups is 1. The Bertz CT molecular complexity index is 1070. The molecule has 2 N–H and O–H groups in total. The molecule has 2 aliphatic heterocycles. The van der Waals surface area contributed by atoms with Crippen LogP contribution in [0.15, 0.2) is 42.5 Å². The van der Waals surface area contributed by atoms with Gasteiger partial charge in [0.05, 0.1) is 19.2 Å². The third-order valence-corrected chi connectivity index (χ3v) is 5.45. The summed E-state index contributed by atoms with van der Waals surface area (Å²) in [4.78, 5) is 37.9. The van der Waals surface area contributed by atoms with Gasteiger partial charge in [0.1, 0.15) is 24.0 Å². The second-order valence-corrected chi connectivity index (χ2v) is 8.02. The number of amides is 3. The number of carbonyl (C=O) groups is 3. The first kappa shape index (κ1) is 22.4. The first-order valence-corrected chi connectivity index (χ1v) is 10.3. The number of fused-ring (bicyclic) bond motifs is 1. The number of imide groups is 1. The highest BCUT2D eigenvalue weighted by Gasteiger charge is 2.48. The predicted octanol–water partition coefficient (Wildman–Crippen LogP) is 1.49. The Morgan fingerprint density at radius 2 is 1.91 bits per heavy atom. The summed E-state index contributed by atoms with van der Waals surface area (Å²) in [6.45, 7) is 1.42. The lowest BCUT2D eigenvalue weighted by Gasteiger charge is -2.23. The van der Waals surface area contributed by atoms with Crippen molar-refractivity contribution in [2.45, 2.75) is 25.0 Å². The van der Waals surface area contributed by atoms with E-state index in [0.29, 0.717) is 22.8 Å². The second-order valence-electron chi connectivity index (χ2n) is 8.02. The molecule has 2 aliphatic rings. The van der Waals surface area contributed by atoms with Crippen molar-refractivity contribution in [3.8, 4) is 17.2 Å². The first-order valence-electron chi connectivity index (χ1n) is 10.3. The molecule has 0 aromatic heterocycles. The van der Waals surface area contributed by atoms with Gasteiger partial charge < -0.3 is 29.4 Å². The molecule has 10 heteroatoms. The summed E-state index contributed by atoms with van der Waals surface area (Å²) >= 11 is 0. The fourth-order valence-corrected chi connectivity index (χ4v) is 3.75. The molecular formula is C23H24N2O8. The molecule has 3 amide bonds. The van der Waals surface area contributed by atoms with Crippen molar-refractivity contribution < 1.29 is 38.4 Å². The van der Waals surface area contributed by atoms with Crippen LogP contribution < -0.4 is 19.5 Å². The standard InChI is InChI=1S/C23H24N2O8/c1-23(10-14-3-8-18-19(9-14)33-13-32-18)21(28)25(22(29)24-23)11-16(26)12-31-17-6-4-15(5-7-17)20(27)30-2/h3-9,16,26H,10-13H2,1-2H3,(H,24,29). The number of methoxy groups -OCH3 is 1. The number of nitrogens with one attached hydrogen (secondary N) is 1. The van der Waals surface area contributed by atoms with Crippen LogP contribution in [0.4, 0.5) is 4.79 Å². The summed E-state index contributed by atoms with van der Waals surface area (Å²) < 4.78 is 20.8. The molecule has 1 saturated heterocycles. The molecule has 33 heavy (non-hydrogen) atoms. The predicted molar refractivity (Wildman–Crippen MR) is 114 cm³/mol. The molecule has 0 saturated carbocycles. The molecule has 174 valence electrons. The Morgan fingerprint density at radius 1 is 1.18 bits per heavy atom. The zero-order chi connectivity index (χ0) is 23.6. The van der Waals surface area contributed by atoms with Crippen molar-refractivity contribution in [2.24, 2.45) is 0 Å². The van der Waals surface area contributed by atoms with Crippen LogP contribution in [0.2, 0.25) is 0 Å². The zero-order valence-electron chi connectivity index (χ0n) is 18.2. The van der Waals surface area contributed by atoms with Crippen molar-refractivity contribution in [1.82, 2.24) is 10.2 Å². The van der Waals surface area contributed by atoms with Crippen LogP contribution in [0.1, 0.15) is 22.8 Å². The van der Waals surface area contributed by atoms with Gasteiger partial charge in [0, 0.05) is 6.42 Å². The Balaban J connectivity index is 1.34. The zero-order valence-corrected chi connectivity index (χ0v) is 18.2. The van der Waals surface area contributed by atoms with Gasteiger partial charge in [-0.15, -0.1) is 0 Å². The molecule has 2 unspecified atom stereocenters. The maximum absolute atomic E-state index is 13.0. The van der Waals surface area contributed by atoms with Crippen LogP contribution in [0, 0.1) is 0 Å². The topological polar surface area (TPSA) is 124 Å². The van der Waals surface area contributed by atoms with E-state index in [0.717, 1.165) is 10.5 Å². The molecule has 2 aromatic rings. The van der Waals surface area contributed by atoms with Crippen LogP contribution in [0.5, 0.6) is 17.2 Å². The van der Waals surface area contributed by atoms with Gasteiger partial charge in [-0.05, 0) is 48.9 Å². The summed E-state index contributed by atoms with van der Waals surface area (Å²) in [6.07, 6.45) is -0.850. The Morgan fingerprint density at radius 3 is 2.64 bits per heavy atom. The summed E-state index contributed by atoms with van der Waals surface area (Å²) in [5, 5.41) is 13.1. The van der Waals surface area contributed by atoms with E-state index < -0.39 is 29.6 Å². The minimum absolute atomic E-state index is 0.145. The van der Waals surface area contributed by atoms with Gasteiger partial charge in [-0.25, -0.2) is 9.59 Å². The normalized spacial score (nSPS) is 19.9. The fraction of sp³-hybridized carbons (Fsp3) is 0.348. The van der Waals surface area contributed by atoms with Crippen LogP contribution >= 0.6 is 0 Å². The van der Waals surface area contributed by atoms with E-state index >= 15 is 0 Å². The smallest absolute Gasteiger partial charge is 0.337 e. The highest BCUT2D eigenvalue weighted by atomic mass is 16.7. The van der Waals surface area contributed by atoms with Crippen LogP contribution in [-0.4, -0.2) is 66.6 Å². The van der Waals surface area contributed by atoms with E-state index in [1.807, 2.05) is 6.07 Å². The molecule has 0 bridgehead atoms. The summed E-state index contributed by atoms with van der Waals surface area (Å²) in [5.74, 6) is 0.745. The van der Waals surface area contributed by atoms with E-state index in [9.17, 15) is 19.5 Å². The fourth-order valence-electron chi connectivity index (χ4n) is 3.75. The second kappa shape index (κ2) is 8.99.